The Labute approximate surface area is 90.7 Å². The second-order valence-corrected chi connectivity index (χ2v) is 4.36. The molecule has 0 aromatic carbocycles. The van der Waals surface area contributed by atoms with Crippen LogP contribution in [-0.2, 0) is 4.74 Å². The van der Waals surface area contributed by atoms with Crippen LogP contribution in [0.1, 0.15) is 30.0 Å². The lowest BCUT2D eigenvalue weighted by Crippen LogP contribution is -2.30. The smallest absolute Gasteiger partial charge is 0.0792 e. The Morgan fingerprint density at radius 2 is 2.20 bits per heavy atom. The summed E-state index contributed by atoms with van der Waals surface area (Å²) in [6.45, 7) is 2.03. The van der Waals surface area contributed by atoms with Crippen LogP contribution < -0.4 is 5.73 Å². The number of rotatable bonds is 4. The summed E-state index contributed by atoms with van der Waals surface area (Å²) in [6.07, 6.45) is 6.31. The highest BCUT2D eigenvalue weighted by molar-refractivity contribution is 5.21. The maximum absolute atomic E-state index is 6.19. The zero-order valence-electron chi connectivity index (χ0n) is 9.31. The number of aryl methyl sites for hydroxylation is 1. The molecule has 15 heavy (non-hydrogen) atoms. The molecule has 1 aliphatic carbocycles. The fourth-order valence-electron chi connectivity index (χ4n) is 2.01. The van der Waals surface area contributed by atoms with Crippen molar-refractivity contribution in [2.75, 3.05) is 7.11 Å². The molecule has 0 bridgehead atoms. The van der Waals surface area contributed by atoms with Gasteiger partial charge in [0.15, 0.2) is 0 Å². The van der Waals surface area contributed by atoms with E-state index < -0.39 is 0 Å². The van der Waals surface area contributed by atoms with Crippen molar-refractivity contribution in [1.29, 1.82) is 0 Å². The van der Waals surface area contributed by atoms with E-state index in [0.717, 1.165) is 11.1 Å². The Morgan fingerprint density at radius 1 is 1.47 bits per heavy atom. The van der Waals surface area contributed by atoms with E-state index in [9.17, 15) is 0 Å². The van der Waals surface area contributed by atoms with E-state index in [0.29, 0.717) is 5.92 Å². The van der Waals surface area contributed by atoms with Gasteiger partial charge in [0.05, 0.1) is 12.1 Å². The third kappa shape index (κ3) is 2.36. The standard InChI is InChI=1S/C12H18N2O/c1-8-5-10(7-14-6-8)11(13)12(15-2)9-3-4-9/h5-7,9,11-12H,3-4,13H2,1-2H3. The van der Waals surface area contributed by atoms with Crippen LogP contribution in [0.25, 0.3) is 0 Å². The first kappa shape index (κ1) is 10.6. The summed E-state index contributed by atoms with van der Waals surface area (Å²) in [7, 11) is 1.74. The quantitative estimate of drug-likeness (QED) is 0.817. The SMILES string of the molecule is COC(C1CC1)C(N)c1cncc(C)c1. The van der Waals surface area contributed by atoms with Gasteiger partial charge in [-0.05, 0) is 36.8 Å². The third-order valence-corrected chi connectivity index (χ3v) is 2.99. The Kier molecular flexibility index (Phi) is 3.03. The van der Waals surface area contributed by atoms with Crippen LogP contribution in [0.4, 0.5) is 0 Å². The molecule has 1 aliphatic rings. The molecular formula is C12H18N2O. The average Bonchev–Trinajstić information content (AvgIpc) is 3.03. The summed E-state index contributed by atoms with van der Waals surface area (Å²) in [5.74, 6) is 0.644. The molecule has 3 nitrogen and oxygen atoms in total. The van der Waals surface area contributed by atoms with E-state index in [2.05, 4.69) is 11.1 Å². The van der Waals surface area contributed by atoms with Crippen LogP contribution in [-0.4, -0.2) is 18.2 Å². The predicted molar refractivity (Wildman–Crippen MR) is 59.4 cm³/mol. The molecule has 1 aromatic rings. The maximum atomic E-state index is 6.19. The summed E-state index contributed by atoms with van der Waals surface area (Å²) in [5, 5.41) is 0. The number of aromatic nitrogens is 1. The van der Waals surface area contributed by atoms with E-state index in [1.807, 2.05) is 19.3 Å². The van der Waals surface area contributed by atoms with Crippen LogP contribution in [0.3, 0.4) is 0 Å². The van der Waals surface area contributed by atoms with Gasteiger partial charge >= 0.3 is 0 Å². The molecule has 1 fully saturated rings. The van der Waals surface area contributed by atoms with E-state index in [-0.39, 0.29) is 12.1 Å². The van der Waals surface area contributed by atoms with Crippen molar-refractivity contribution in [3.8, 4) is 0 Å². The molecule has 1 heterocycles. The number of nitrogens with two attached hydrogens (primary N) is 1. The summed E-state index contributed by atoms with van der Waals surface area (Å²) in [6, 6.07) is 2.04. The van der Waals surface area contributed by atoms with Crippen molar-refractivity contribution >= 4 is 0 Å². The van der Waals surface area contributed by atoms with Crippen molar-refractivity contribution in [3.63, 3.8) is 0 Å². The van der Waals surface area contributed by atoms with Gasteiger partial charge in [0, 0.05) is 19.5 Å². The minimum atomic E-state index is -0.0464. The average molecular weight is 206 g/mol. The molecule has 0 spiro atoms. The fraction of sp³-hybridized carbons (Fsp3) is 0.583. The highest BCUT2D eigenvalue weighted by atomic mass is 16.5. The van der Waals surface area contributed by atoms with E-state index in [1.165, 1.54) is 12.8 Å². The van der Waals surface area contributed by atoms with Gasteiger partial charge in [-0.2, -0.15) is 0 Å². The van der Waals surface area contributed by atoms with E-state index in [4.69, 9.17) is 10.5 Å². The number of hydrogen-bond donors (Lipinski definition) is 1. The van der Waals surface area contributed by atoms with Gasteiger partial charge in [-0.15, -0.1) is 0 Å². The third-order valence-electron chi connectivity index (χ3n) is 2.99. The number of methoxy groups -OCH3 is 1. The first-order chi connectivity index (χ1) is 7.22. The van der Waals surface area contributed by atoms with Crippen molar-refractivity contribution < 1.29 is 4.74 Å². The lowest BCUT2D eigenvalue weighted by atomic mass is 9.99. The van der Waals surface area contributed by atoms with Gasteiger partial charge in [-0.25, -0.2) is 0 Å². The first-order valence-corrected chi connectivity index (χ1v) is 5.42. The molecule has 0 saturated heterocycles. The highest BCUT2D eigenvalue weighted by Gasteiger charge is 2.35. The Hall–Kier alpha value is -0.930. The topological polar surface area (TPSA) is 48.1 Å². The number of pyridine rings is 1. The molecule has 2 N–H and O–H groups in total. The van der Waals surface area contributed by atoms with Crippen LogP contribution >= 0.6 is 0 Å². The first-order valence-electron chi connectivity index (χ1n) is 5.42. The monoisotopic (exact) mass is 206 g/mol. The Balaban J connectivity index is 2.14. The Morgan fingerprint density at radius 3 is 2.73 bits per heavy atom. The molecule has 2 unspecified atom stereocenters. The number of ether oxygens (including phenoxy) is 1. The largest absolute Gasteiger partial charge is 0.379 e. The molecule has 3 heteroatoms. The van der Waals surface area contributed by atoms with Crippen LogP contribution in [0.15, 0.2) is 18.5 Å². The van der Waals surface area contributed by atoms with Crippen LogP contribution in [0.2, 0.25) is 0 Å². The second kappa shape index (κ2) is 4.29. The molecule has 2 atom stereocenters. The molecule has 1 saturated carbocycles. The zero-order valence-corrected chi connectivity index (χ0v) is 9.31. The van der Waals surface area contributed by atoms with Gasteiger partial charge in [-0.1, -0.05) is 6.07 Å². The van der Waals surface area contributed by atoms with Crippen LogP contribution in [0.5, 0.6) is 0 Å². The van der Waals surface area contributed by atoms with Gasteiger partial charge in [0.1, 0.15) is 0 Å². The van der Waals surface area contributed by atoms with E-state index in [1.54, 1.807) is 7.11 Å². The maximum Gasteiger partial charge on any atom is 0.0792 e. The normalized spacial score (nSPS) is 19.9. The highest BCUT2D eigenvalue weighted by Crippen LogP contribution is 2.38. The molecular weight excluding hydrogens is 188 g/mol. The van der Waals surface area contributed by atoms with Crippen LogP contribution in [0, 0.1) is 12.8 Å². The summed E-state index contributed by atoms with van der Waals surface area (Å²) in [4.78, 5) is 4.17. The molecule has 82 valence electrons. The fourth-order valence-corrected chi connectivity index (χ4v) is 2.01. The minimum Gasteiger partial charge on any atom is -0.379 e. The minimum absolute atomic E-state index is 0.0464. The lowest BCUT2D eigenvalue weighted by molar-refractivity contribution is 0.0623. The van der Waals surface area contributed by atoms with Crippen molar-refractivity contribution in [3.05, 3.63) is 29.6 Å². The number of nitrogens with zero attached hydrogens (tertiary/aromatic N) is 1. The zero-order chi connectivity index (χ0) is 10.8. The molecule has 2 rings (SSSR count). The molecule has 0 amide bonds. The van der Waals surface area contributed by atoms with Crippen molar-refractivity contribution in [2.24, 2.45) is 11.7 Å². The molecule has 0 aliphatic heterocycles. The molecule has 1 aromatic heterocycles. The summed E-state index contributed by atoms with van der Waals surface area (Å²) >= 11 is 0. The van der Waals surface area contributed by atoms with Gasteiger partial charge in [-0.3, -0.25) is 4.98 Å². The van der Waals surface area contributed by atoms with E-state index >= 15 is 0 Å². The van der Waals surface area contributed by atoms with Crippen molar-refractivity contribution in [2.45, 2.75) is 31.9 Å². The number of hydrogen-bond acceptors (Lipinski definition) is 3. The molecule has 0 radical (unpaired) electrons. The lowest BCUT2D eigenvalue weighted by Gasteiger charge is -2.22. The predicted octanol–water partition coefficient (Wildman–Crippen LogP) is 1.81. The van der Waals surface area contributed by atoms with Gasteiger partial charge < -0.3 is 10.5 Å². The Bertz CT molecular complexity index is 336. The summed E-state index contributed by atoms with van der Waals surface area (Å²) in [5.41, 5.74) is 8.42. The van der Waals surface area contributed by atoms with Gasteiger partial charge in [0.2, 0.25) is 0 Å². The second-order valence-electron chi connectivity index (χ2n) is 4.36. The summed E-state index contributed by atoms with van der Waals surface area (Å²) < 4.78 is 5.48. The van der Waals surface area contributed by atoms with Gasteiger partial charge in [0.25, 0.3) is 0 Å². The van der Waals surface area contributed by atoms with Crippen molar-refractivity contribution in [1.82, 2.24) is 4.98 Å².